The molecule has 0 spiro atoms. The maximum atomic E-state index is 5.97. The highest BCUT2D eigenvalue weighted by Gasteiger charge is 2.18. The molecular weight excluding hydrogens is 472 g/mol. The number of anilines is 2. The number of nitrogens with zero attached hydrogens (tertiary/aromatic N) is 6. The molecule has 3 aromatic heterocycles. The number of fused-ring (bicyclic) bond motifs is 1. The first-order valence-corrected chi connectivity index (χ1v) is 10.6. The molecule has 4 aromatic rings. The van der Waals surface area contributed by atoms with Crippen molar-refractivity contribution in [2.24, 2.45) is 0 Å². The topological polar surface area (TPSA) is 96.3 Å². The number of H-pyrrole nitrogens is 1. The third kappa shape index (κ3) is 3.85. The molecule has 0 unspecified atom stereocenters. The quantitative estimate of drug-likeness (QED) is 0.444. The van der Waals surface area contributed by atoms with Crippen molar-refractivity contribution in [2.75, 3.05) is 36.5 Å². The van der Waals surface area contributed by atoms with Crippen molar-refractivity contribution >= 4 is 45.1 Å². The lowest BCUT2D eigenvalue weighted by Gasteiger charge is -2.27. The molecule has 1 fully saturated rings. The van der Waals surface area contributed by atoms with Gasteiger partial charge in [-0.05, 0) is 33.6 Å². The molecule has 0 amide bonds. The minimum Gasteiger partial charge on any atom is -0.378 e. The smallest absolute Gasteiger partial charge is 0.230 e. The van der Waals surface area contributed by atoms with Crippen LogP contribution in [0.15, 0.2) is 41.1 Å². The number of morpholine rings is 1. The summed E-state index contributed by atoms with van der Waals surface area (Å²) >= 11 is 9.49. The zero-order chi connectivity index (χ0) is 20.5. The molecule has 0 aliphatic carbocycles. The Hall–Kier alpha value is -2.69. The van der Waals surface area contributed by atoms with Crippen LogP contribution in [0.4, 0.5) is 11.9 Å². The van der Waals surface area contributed by atoms with Crippen LogP contribution >= 0.6 is 27.5 Å². The lowest BCUT2D eigenvalue weighted by atomic mass is 10.2. The minimum absolute atomic E-state index is 0.458. The fourth-order valence-corrected chi connectivity index (χ4v) is 3.72. The van der Waals surface area contributed by atoms with Crippen LogP contribution in [0.5, 0.6) is 0 Å². The van der Waals surface area contributed by atoms with Crippen LogP contribution in [0.1, 0.15) is 5.82 Å². The van der Waals surface area contributed by atoms with Gasteiger partial charge in [-0.1, -0.05) is 23.7 Å². The predicted molar refractivity (Wildman–Crippen MR) is 118 cm³/mol. The number of rotatable bonds is 5. The minimum atomic E-state index is 0.458. The molecule has 1 saturated heterocycles. The van der Waals surface area contributed by atoms with Crippen LogP contribution in [0.25, 0.3) is 16.9 Å². The van der Waals surface area contributed by atoms with E-state index in [-0.39, 0.29) is 0 Å². The number of hydrogen-bond donors (Lipinski definition) is 2. The Morgan fingerprint density at radius 3 is 2.73 bits per heavy atom. The van der Waals surface area contributed by atoms with Gasteiger partial charge in [0, 0.05) is 18.1 Å². The zero-order valence-corrected chi connectivity index (χ0v) is 18.2. The van der Waals surface area contributed by atoms with Gasteiger partial charge >= 0.3 is 0 Å². The standard InChI is InChI=1S/C19H18BrClN8O/c20-14-9-24-29-17(14)26-19(28-5-7-30-8-6-28)27-18(29)23-11-16-22-10-15(25-16)12-1-3-13(21)4-2-12/h1-4,9-10H,5-8,11H2,(H,22,25)(H,23,26,27). The first-order chi connectivity index (χ1) is 14.7. The third-order valence-corrected chi connectivity index (χ3v) is 5.62. The third-order valence-electron chi connectivity index (χ3n) is 4.80. The summed E-state index contributed by atoms with van der Waals surface area (Å²) in [5, 5.41) is 8.40. The summed E-state index contributed by atoms with van der Waals surface area (Å²) in [6, 6.07) is 7.62. The summed E-state index contributed by atoms with van der Waals surface area (Å²) in [4.78, 5) is 19.3. The highest BCUT2D eigenvalue weighted by molar-refractivity contribution is 9.10. The van der Waals surface area contributed by atoms with Gasteiger partial charge in [-0.25, -0.2) is 4.98 Å². The fourth-order valence-electron chi connectivity index (χ4n) is 3.25. The van der Waals surface area contributed by atoms with Crippen LogP contribution < -0.4 is 10.2 Å². The van der Waals surface area contributed by atoms with Gasteiger partial charge in [-0.15, -0.1) is 0 Å². The number of hydrogen-bond acceptors (Lipinski definition) is 7. The van der Waals surface area contributed by atoms with Gasteiger partial charge in [0.05, 0.1) is 42.3 Å². The zero-order valence-electron chi connectivity index (χ0n) is 15.8. The Kier molecular flexibility index (Phi) is 5.28. The number of aromatic amines is 1. The van der Waals surface area contributed by atoms with Gasteiger partial charge in [0.15, 0.2) is 5.65 Å². The molecule has 4 heterocycles. The van der Waals surface area contributed by atoms with Crippen molar-refractivity contribution in [3.8, 4) is 11.3 Å². The summed E-state index contributed by atoms with van der Waals surface area (Å²) in [6.45, 7) is 3.29. The molecule has 11 heteroatoms. The highest BCUT2D eigenvalue weighted by Crippen LogP contribution is 2.23. The molecule has 0 radical (unpaired) electrons. The van der Waals surface area contributed by atoms with Crippen LogP contribution in [0.2, 0.25) is 5.02 Å². The second kappa shape index (κ2) is 8.21. The number of aromatic nitrogens is 6. The van der Waals surface area contributed by atoms with Crippen LogP contribution in [0.3, 0.4) is 0 Å². The van der Waals surface area contributed by atoms with Gasteiger partial charge in [0.1, 0.15) is 5.82 Å². The van der Waals surface area contributed by atoms with Gasteiger partial charge in [-0.2, -0.15) is 19.6 Å². The van der Waals surface area contributed by atoms with Gasteiger partial charge in [0.2, 0.25) is 11.9 Å². The van der Waals surface area contributed by atoms with E-state index in [4.69, 9.17) is 21.3 Å². The van der Waals surface area contributed by atoms with Crippen LogP contribution in [-0.2, 0) is 11.3 Å². The van der Waals surface area contributed by atoms with Crippen molar-refractivity contribution in [1.29, 1.82) is 0 Å². The molecule has 1 aromatic carbocycles. The Morgan fingerprint density at radius 1 is 1.13 bits per heavy atom. The summed E-state index contributed by atoms with van der Waals surface area (Å²) in [5.41, 5.74) is 2.65. The van der Waals surface area contributed by atoms with Crippen LogP contribution in [-0.4, -0.2) is 55.9 Å². The maximum Gasteiger partial charge on any atom is 0.230 e. The Labute approximate surface area is 185 Å². The summed E-state index contributed by atoms with van der Waals surface area (Å²) < 4.78 is 7.93. The summed E-state index contributed by atoms with van der Waals surface area (Å²) in [5.74, 6) is 2.03. The van der Waals surface area contributed by atoms with Crippen LogP contribution in [0, 0.1) is 0 Å². The molecule has 154 valence electrons. The average Bonchev–Trinajstić information content (AvgIpc) is 3.40. The second-order valence-corrected chi connectivity index (χ2v) is 8.07. The summed E-state index contributed by atoms with van der Waals surface area (Å²) in [7, 11) is 0. The van der Waals surface area contributed by atoms with Gasteiger partial charge in [-0.3, -0.25) is 0 Å². The molecule has 5 rings (SSSR count). The number of halogens is 2. The monoisotopic (exact) mass is 488 g/mol. The lowest BCUT2D eigenvalue weighted by Crippen LogP contribution is -2.37. The Balaban J connectivity index is 1.39. The van der Waals surface area contributed by atoms with E-state index in [0.717, 1.165) is 34.6 Å². The number of imidazole rings is 1. The maximum absolute atomic E-state index is 5.97. The first-order valence-electron chi connectivity index (χ1n) is 9.45. The molecule has 0 saturated carbocycles. The number of ether oxygens (including phenoxy) is 1. The normalized spacial score (nSPS) is 14.4. The predicted octanol–water partition coefficient (Wildman–Crippen LogP) is 3.38. The van der Waals surface area contributed by atoms with E-state index >= 15 is 0 Å². The summed E-state index contributed by atoms with van der Waals surface area (Å²) in [6.07, 6.45) is 3.52. The number of benzene rings is 1. The fraction of sp³-hybridized carbons (Fsp3) is 0.263. The van der Waals surface area contributed by atoms with E-state index in [1.807, 2.05) is 24.3 Å². The largest absolute Gasteiger partial charge is 0.378 e. The molecule has 30 heavy (non-hydrogen) atoms. The second-order valence-electron chi connectivity index (χ2n) is 6.78. The van der Waals surface area contributed by atoms with Crippen molar-refractivity contribution in [3.63, 3.8) is 0 Å². The SMILES string of the molecule is Clc1ccc(-c2cnc(CNc3nc(N4CCOCC4)nc4c(Br)cnn34)[nH]2)cc1. The highest BCUT2D eigenvalue weighted by atomic mass is 79.9. The lowest BCUT2D eigenvalue weighted by molar-refractivity contribution is 0.122. The van der Waals surface area contributed by atoms with Crippen molar-refractivity contribution < 1.29 is 4.74 Å². The van der Waals surface area contributed by atoms with Gasteiger partial charge < -0.3 is 19.9 Å². The van der Waals surface area contributed by atoms with E-state index in [0.29, 0.717) is 42.3 Å². The molecule has 0 bridgehead atoms. The molecule has 1 aliphatic rings. The molecule has 1 aliphatic heterocycles. The van der Waals surface area contributed by atoms with E-state index in [1.54, 1.807) is 16.9 Å². The van der Waals surface area contributed by atoms with Gasteiger partial charge in [0.25, 0.3) is 0 Å². The van der Waals surface area contributed by atoms with Crippen molar-refractivity contribution in [2.45, 2.75) is 6.54 Å². The first kappa shape index (κ1) is 19.3. The molecule has 9 nitrogen and oxygen atoms in total. The van der Waals surface area contributed by atoms with E-state index < -0.39 is 0 Å². The Morgan fingerprint density at radius 2 is 1.93 bits per heavy atom. The average molecular weight is 490 g/mol. The molecule has 0 atom stereocenters. The molecule has 2 N–H and O–H groups in total. The van der Waals surface area contributed by atoms with E-state index in [1.165, 1.54) is 0 Å². The Bertz CT molecular complexity index is 1170. The van der Waals surface area contributed by atoms with E-state index in [2.05, 4.69) is 46.2 Å². The van der Waals surface area contributed by atoms with Crippen molar-refractivity contribution in [3.05, 3.63) is 52.0 Å². The number of nitrogens with one attached hydrogen (secondary N) is 2. The van der Waals surface area contributed by atoms with E-state index in [9.17, 15) is 0 Å². The van der Waals surface area contributed by atoms with Crippen molar-refractivity contribution in [1.82, 2.24) is 29.5 Å². The molecular formula is C19H18BrClN8O.